The van der Waals surface area contributed by atoms with E-state index in [2.05, 4.69) is 31.3 Å². The number of rotatable bonds is 47. The van der Waals surface area contributed by atoms with Crippen LogP contribution in [0, 0.1) is 0 Å². The molecular weight excluding hydrogens is 719 g/mol. The molecule has 58 heavy (non-hydrogen) atoms. The molecule has 0 aliphatic heterocycles. The second-order valence-electron chi connectivity index (χ2n) is 17.5. The van der Waals surface area contributed by atoms with Gasteiger partial charge in [0.25, 0.3) is 0 Å². The van der Waals surface area contributed by atoms with Crippen molar-refractivity contribution in [2.24, 2.45) is 0 Å². The van der Waals surface area contributed by atoms with Gasteiger partial charge in [0.05, 0.1) is 25.4 Å². The SMILES string of the molecule is CCCCCCCCCCC/C=C/C(O)C(CO)NC(=O)CCCCCCC/C=C\CCCCCCCCCOC(=O)CCCCCCCCCCCCCCCC. The van der Waals surface area contributed by atoms with Crippen LogP contribution in [0.3, 0.4) is 0 Å². The number of allylic oxidation sites excluding steroid dienone is 3. The third kappa shape index (κ3) is 43.9. The molecule has 0 aromatic rings. The van der Waals surface area contributed by atoms with E-state index in [1.807, 2.05) is 6.08 Å². The van der Waals surface area contributed by atoms with Gasteiger partial charge in [0, 0.05) is 12.8 Å². The maximum Gasteiger partial charge on any atom is 0.305 e. The number of carbonyl (C=O) groups excluding carboxylic acids is 2. The molecule has 1 amide bonds. The number of nitrogens with one attached hydrogen (secondary N) is 1. The molecule has 0 saturated heterocycles. The molecular formula is C52H99NO5. The predicted octanol–water partition coefficient (Wildman–Crippen LogP) is 15.1. The van der Waals surface area contributed by atoms with Crippen LogP contribution in [-0.4, -0.2) is 47.4 Å². The Morgan fingerprint density at radius 1 is 0.466 bits per heavy atom. The largest absolute Gasteiger partial charge is 0.466 e. The molecule has 0 aliphatic carbocycles. The lowest BCUT2D eigenvalue weighted by Gasteiger charge is -2.20. The average molecular weight is 818 g/mol. The van der Waals surface area contributed by atoms with Crippen LogP contribution < -0.4 is 5.32 Å². The molecule has 0 aromatic carbocycles. The average Bonchev–Trinajstić information content (AvgIpc) is 3.22. The van der Waals surface area contributed by atoms with E-state index in [0.717, 1.165) is 64.2 Å². The van der Waals surface area contributed by atoms with Gasteiger partial charge in [-0.3, -0.25) is 9.59 Å². The highest BCUT2D eigenvalue weighted by Crippen LogP contribution is 2.15. The van der Waals surface area contributed by atoms with Crippen LogP contribution in [0.15, 0.2) is 24.3 Å². The summed E-state index contributed by atoms with van der Waals surface area (Å²) in [6.07, 6.45) is 56.1. The molecule has 2 atom stereocenters. The van der Waals surface area contributed by atoms with E-state index >= 15 is 0 Å². The van der Waals surface area contributed by atoms with Gasteiger partial charge in [0.1, 0.15) is 0 Å². The zero-order valence-electron chi connectivity index (χ0n) is 38.8. The van der Waals surface area contributed by atoms with Gasteiger partial charge < -0.3 is 20.3 Å². The van der Waals surface area contributed by atoms with Crippen molar-refractivity contribution in [2.75, 3.05) is 13.2 Å². The molecule has 0 spiro atoms. The Balaban J connectivity index is 3.47. The van der Waals surface area contributed by atoms with Crippen molar-refractivity contribution >= 4 is 11.9 Å². The summed E-state index contributed by atoms with van der Waals surface area (Å²) in [7, 11) is 0. The normalized spacial score (nSPS) is 12.8. The van der Waals surface area contributed by atoms with Crippen LogP contribution >= 0.6 is 0 Å². The smallest absolute Gasteiger partial charge is 0.305 e. The minimum Gasteiger partial charge on any atom is -0.466 e. The van der Waals surface area contributed by atoms with Gasteiger partial charge in [-0.1, -0.05) is 224 Å². The topological polar surface area (TPSA) is 95.9 Å². The number of amides is 1. The summed E-state index contributed by atoms with van der Waals surface area (Å²) >= 11 is 0. The standard InChI is InChI=1S/C52H99NO5/c1-3-5-7-9-11-13-15-16-22-26-30-34-38-42-46-52(57)58-47-43-39-35-31-27-23-20-18-17-19-21-25-29-33-37-41-45-51(56)53-49(48-54)50(55)44-40-36-32-28-24-14-12-10-8-6-4-2/h17,19,40,44,49-50,54-55H,3-16,18,20-39,41-43,45-48H2,1-2H3,(H,53,56)/b19-17-,44-40+. The minimum atomic E-state index is -0.852. The molecule has 0 fully saturated rings. The van der Waals surface area contributed by atoms with Crippen LogP contribution in [0.5, 0.6) is 0 Å². The van der Waals surface area contributed by atoms with Crippen LogP contribution in [0.4, 0.5) is 0 Å². The van der Waals surface area contributed by atoms with E-state index in [4.69, 9.17) is 4.74 Å². The zero-order valence-corrected chi connectivity index (χ0v) is 38.8. The maximum atomic E-state index is 12.4. The molecule has 342 valence electrons. The predicted molar refractivity (Wildman–Crippen MR) is 250 cm³/mol. The summed E-state index contributed by atoms with van der Waals surface area (Å²) in [5.74, 6) is -0.0887. The van der Waals surface area contributed by atoms with Gasteiger partial charge in [-0.25, -0.2) is 0 Å². The summed E-state index contributed by atoms with van der Waals surface area (Å²) in [6, 6.07) is -0.638. The van der Waals surface area contributed by atoms with Gasteiger partial charge in [0.15, 0.2) is 0 Å². The molecule has 0 rings (SSSR count). The van der Waals surface area contributed by atoms with Gasteiger partial charge in [-0.15, -0.1) is 0 Å². The number of aliphatic hydroxyl groups excluding tert-OH is 2. The zero-order chi connectivity index (χ0) is 42.3. The molecule has 0 radical (unpaired) electrons. The van der Waals surface area contributed by atoms with E-state index < -0.39 is 12.1 Å². The van der Waals surface area contributed by atoms with E-state index in [1.54, 1.807) is 6.08 Å². The van der Waals surface area contributed by atoms with Crippen LogP contribution in [0.2, 0.25) is 0 Å². The van der Waals surface area contributed by atoms with Gasteiger partial charge in [-0.05, 0) is 57.8 Å². The van der Waals surface area contributed by atoms with Crippen molar-refractivity contribution in [2.45, 2.75) is 283 Å². The molecule has 0 heterocycles. The molecule has 2 unspecified atom stereocenters. The molecule has 0 aliphatic rings. The summed E-state index contributed by atoms with van der Waals surface area (Å²) in [5, 5.41) is 22.9. The first-order valence-corrected chi connectivity index (χ1v) is 25.6. The van der Waals surface area contributed by atoms with Crippen LogP contribution in [0.1, 0.15) is 271 Å². The third-order valence-corrected chi connectivity index (χ3v) is 11.7. The van der Waals surface area contributed by atoms with E-state index in [0.29, 0.717) is 19.4 Å². The Morgan fingerprint density at radius 2 is 0.810 bits per heavy atom. The van der Waals surface area contributed by atoms with Gasteiger partial charge in [-0.2, -0.15) is 0 Å². The first-order valence-electron chi connectivity index (χ1n) is 25.6. The van der Waals surface area contributed by atoms with Crippen molar-refractivity contribution < 1.29 is 24.5 Å². The number of esters is 1. The first-order chi connectivity index (χ1) is 28.5. The highest BCUT2D eigenvalue weighted by atomic mass is 16.5. The lowest BCUT2D eigenvalue weighted by molar-refractivity contribution is -0.143. The first kappa shape index (κ1) is 56.3. The Bertz CT molecular complexity index is 904. The fourth-order valence-electron chi connectivity index (χ4n) is 7.74. The van der Waals surface area contributed by atoms with Crippen molar-refractivity contribution in [3.05, 3.63) is 24.3 Å². The maximum absolute atomic E-state index is 12.4. The van der Waals surface area contributed by atoms with Gasteiger partial charge >= 0.3 is 5.97 Å². The fraction of sp³-hybridized carbons (Fsp3) is 0.885. The van der Waals surface area contributed by atoms with Crippen molar-refractivity contribution in [1.82, 2.24) is 5.32 Å². The second kappa shape index (κ2) is 48.0. The Hall–Kier alpha value is -1.66. The summed E-state index contributed by atoms with van der Waals surface area (Å²) in [5.41, 5.74) is 0. The van der Waals surface area contributed by atoms with Gasteiger partial charge in [0.2, 0.25) is 5.91 Å². The number of hydrogen-bond acceptors (Lipinski definition) is 5. The summed E-state index contributed by atoms with van der Waals surface area (Å²) in [6.45, 7) is 4.86. The van der Waals surface area contributed by atoms with Crippen LogP contribution in [-0.2, 0) is 14.3 Å². The molecule has 6 heteroatoms. The minimum absolute atomic E-state index is 0.00216. The lowest BCUT2D eigenvalue weighted by Crippen LogP contribution is -2.45. The molecule has 0 aromatic heterocycles. The van der Waals surface area contributed by atoms with Crippen molar-refractivity contribution in [3.8, 4) is 0 Å². The Labute approximate surface area is 361 Å². The Kier molecular flexibility index (Phi) is 46.6. The summed E-state index contributed by atoms with van der Waals surface area (Å²) in [4.78, 5) is 24.4. The Morgan fingerprint density at radius 3 is 1.22 bits per heavy atom. The van der Waals surface area contributed by atoms with E-state index in [1.165, 1.54) is 180 Å². The molecule has 6 nitrogen and oxygen atoms in total. The number of aliphatic hydroxyl groups is 2. The quantitative estimate of drug-likeness (QED) is 0.0323. The fourth-order valence-corrected chi connectivity index (χ4v) is 7.74. The van der Waals surface area contributed by atoms with Crippen molar-refractivity contribution in [3.63, 3.8) is 0 Å². The molecule has 3 N–H and O–H groups in total. The number of ether oxygens (including phenoxy) is 1. The van der Waals surface area contributed by atoms with E-state index in [9.17, 15) is 19.8 Å². The monoisotopic (exact) mass is 818 g/mol. The molecule has 0 saturated carbocycles. The summed E-state index contributed by atoms with van der Waals surface area (Å²) < 4.78 is 5.46. The lowest BCUT2D eigenvalue weighted by atomic mass is 10.0. The molecule has 0 bridgehead atoms. The number of unbranched alkanes of at least 4 members (excludes halogenated alkanes) is 34. The number of hydrogen-bond donors (Lipinski definition) is 3. The van der Waals surface area contributed by atoms with Crippen LogP contribution in [0.25, 0.3) is 0 Å². The van der Waals surface area contributed by atoms with E-state index in [-0.39, 0.29) is 18.5 Å². The number of carbonyl (C=O) groups is 2. The highest BCUT2D eigenvalue weighted by molar-refractivity contribution is 5.76. The van der Waals surface area contributed by atoms with Crippen molar-refractivity contribution in [1.29, 1.82) is 0 Å². The third-order valence-electron chi connectivity index (χ3n) is 11.7. The highest BCUT2D eigenvalue weighted by Gasteiger charge is 2.18. The second-order valence-corrected chi connectivity index (χ2v) is 17.5.